The van der Waals surface area contributed by atoms with Crippen LogP contribution in [-0.4, -0.2) is 0 Å². The Kier molecular flexibility index (Phi) is 10.2. The summed E-state index contributed by atoms with van der Waals surface area (Å²) in [5.41, 5.74) is 3.22. The number of unbranched alkanes of at least 4 members (excludes halogenated alkanes) is 2. The lowest BCUT2D eigenvalue weighted by molar-refractivity contribution is 0.142. The number of hydrogen-bond acceptors (Lipinski definition) is 0. The number of aryl methyl sites for hydroxylation is 1. The van der Waals surface area contributed by atoms with Crippen molar-refractivity contribution in [3.05, 3.63) is 35.4 Å². The van der Waals surface area contributed by atoms with E-state index in [4.69, 9.17) is 0 Å². The molecular weight excluding hydrogens is 396 g/mol. The number of rotatable bonds is 10. The topological polar surface area (TPSA) is 0 Å². The lowest BCUT2D eigenvalue weighted by Crippen LogP contribution is -2.25. The van der Waals surface area contributed by atoms with Gasteiger partial charge in [-0.05, 0) is 111 Å². The van der Waals surface area contributed by atoms with Crippen LogP contribution in [0.25, 0.3) is 0 Å². The van der Waals surface area contributed by atoms with Gasteiger partial charge in [-0.2, -0.15) is 0 Å². The molecule has 1 aromatic carbocycles. The van der Waals surface area contributed by atoms with E-state index in [1.807, 2.05) is 0 Å². The Morgan fingerprint density at radius 3 is 1.70 bits per heavy atom. The summed E-state index contributed by atoms with van der Waals surface area (Å²) in [6, 6.07) is 9.92. The molecule has 0 aliphatic heterocycles. The van der Waals surface area contributed by atoms with Crippen molar-refractivity contribution in [3.63, 3.8) is 0 Å². The minimum atomic E-state index is 0.837. The van der Waals surface area contributed by atoms with Gasteiger partial charge < -0.3 is 0 Å². The molecular formula is C33H54. The summed E-state index contributed by atoms with van der Waals surface area (Å²) in [6.07, 6.45) is 27.9. The Morgan fingerprint density at radius 2 is 1.12 bits per heavy atom. The van der Waals surface area contributed by atoms with E-state index < -0.39 is 0 Å². The molecule has 0 amide bonds. The predicted molar refractivity (Wildman–Crippen MR) is 145 cm³/mol. The summed E-state index contributed by atoms with van der Waals surface area (Å²) in [6.45, 7) is 4.72. The van der Waals surface area contributed by atoms with E-state index in [-0.39, 0.29) is 0 Å². The Balaban J connectivity index is 1.13. The molecule has 0 spiro atoms. The largest absolute Gasteiger partial charge is 0.0654 e. The third-order valence-electron chi connectivity index (χ3n) is 10.4. The average Bonchev–Trinajstić information content (AvgIpc) is 2.89. The smallest absolute Gasteiger partial charge is 0.0162 e. The molecule has 0 bridgehead atoms. The van der Waals surface area contributed by atoms with Gasteiger partial charge in [0, 0.05) is 0 Å². The van der Waals surface area contributed by atoms with E-state index in [0.717, 1.165) is 35.5 Å². The lowest BCUT2D eigenvalue weighted by atomic mass is 9.68. The highest BCUT2D eigenvalue weighted by molar-refractivity contribution is 5.26. The zero-order valence-corrected chi connectivity index (χ0v) is 22.2. The Bertz CT molecular complexity index is 633. The molecule has 0 saturated heterocycles. The van der Waals surface area contributed by atoms with Gasteiger partial charge in [0.25, 0.3) is 0 Å². The summed E-state index contributed by atoms with van der Waals surface area (Å²) in [4.78, 5) is 0. The van der Waals surface area contributed by atoms with Crippen LogP contribution in [0.5, 0.6) is 0 Å². The van der Waals surface area contributed by atoms with Gasteiger partial charge in [0.05, 0.1) is 0 Å². The maximum Gasteiger partial charge on any atom is -0.0162 e. The second kappa shape index (κ2) is 13.3. The van der Waals surface area contributed by atoms with Crippen LogP contribution < -0.4 is 0 Å². The molecule has 0 unspecified atom stereocenters. The van der Waals surface area contributed by atoms with Crippen LogP contribution in [0.2, 0.25) is 0 Å². The highest BCUT2D eigenvalue weighted by atomic mass is 14.4. The Labute approximate surface area is 206 Å². The Hall–Kier alpha value is -0.780. The van der Waals surface area contributed by atoms with Crippen LogP contribution in [0.1, 0.15) is 146 Å². The van der Waals surface area contributed by atoms with E-state index in [1.165, 1.54) is 109 Å². The fraction of sp³-hybridized carbons (Fsp3) is 0.818. The zero-order valence-electron chi connectivity index (χ0n) is 22.2. The molecule has 0 nitrogen and oxygen atoms in total. The van der Waals surface area contributed by atoms with Crippen LogP contribution in [0.3, 0.4) is 0 Å². The molecule has 3 aliphatic carbocycles. The van der Waals surface area contributed by atoms with Crippen molar-refractivity contribution in [2.24, 2.45) is 29.6 Å². The summed E-state index contributed by atoms with van der Waals surface area (Å²) in [5.74, 6) is 6.05. The summed E-state index contributed by atoms with van der Waals surface area (Å²) in [7, 11) is 0. The van der Waals surface area contributed by atoms with Crippen molar-refractivity contribution in [1.82, 2.24) is 0 Å². The summed E-state index contributed by atoms with van der Waals surface area (Å²) < 4.78 is 0. The van der Waals surface area contributed by atoms with Crippen LogP contribution >= 0.6 is 0 Å². The first-order valence-electron chi connectivity index (χ1n) is 15.3. The van der Waals surface area contributed by atoms with Crippen molar-refractivity contribution in [3.8, 4) is 0 Å². The highest BCUT2D eigenvalue weighted by Crippen LogP contribution is 2.43. The molecule has 0 heteroatoms. The molecule has 4 rings (SSSR count). The molecule has 3 fully saturated rings. The summed E-state index contributed by atoms with van der Waals surface area (Å²) in [5, 5.41) is 0. The van der Waals surface area contributed by atoms with Crippen LogP contribution in [0.15, 0.2) is 24.3 Å². The van der Waals surface area contributed by atoms with E-state index in [0.29, 0.717) is 0 Å². The van der Waals surface area contributed by atoms with E-state index in [9.17, 15) is 0 Å². The van der Waals surface area contributed by atoms with Gasteiger partial charge in [0.1, 0.15) is 0 Å². The maximum absolute atomic E-state index is 2.49. The van der Waals surface area contributed by atoms with Gasteiger partial charge in [-0.3, -0.25) is 0 Å². The van der Waals surface area contributed by atoms with Crippen molar-refractivity contribution >= 4 is 0 Å². The van der Waals surface area contributed by atoms with Gasteiger partial charge >= 0.3 is 0 Å². The van der Waals surface area contributed by atoms with Gasteiger partial charge in [0.15, 0.2) is 0 Å². The molecule has 0 atom stereocenters. The maximum atomic E-state index is 2.49. The van der Waals surface area contributed by atoms with Gasteiger partial charge in [-0.15, -0.1) is 0 Å². The first-order chi connectivity index (χ1) is 16.2. The van der Waals surface area contributed by atoms with Crippen molar-refractivity contribution < 1.29 is 0 Å². The van der Waals surface area contributed by atoms with Gasteiger partial charge in [-0.25, -0.2) is 0 Å². The molecule has 1 aromatic rings. The first kappa shape index (κ1) is 25.3. The van der Waals surface area contributed by atoms with Gasteiger partial charge in [-0.1, -0.05) is 95.9 Å². The minimum Gasteiger partial charge on any atom is -0.0654 e. The molecule has 0 heterocycles. The summed E-state index contributed by atoms with van der Waals surface area (Å²) >= 11 is 0. The van der Waals surface area contributed by atoms with Crippen LogP contribution in [0.4, 0.5) is 0 Å². The van der Waals surface area contributed by atoms with E-state index in [2.05, 4.69) is 38.1 Å². The normalized spacial score (nSPS) is 33.2. The molecule has 0 radical (unpaired) electrons. The Morgan fingerprint density at radius 1 is 0.576 bits per heavy atom. The van der Waals surface area contributed by atoms with Crippen LogP contribution in [0, 0.1) is 29.6 Å². The molecule has 33 heavy (non-hydrogen) atoms. The molecule has 3 saturated carbocycles. The first-order valence-corrected chi connectivity index (χ1v) is 15.3. The average molecular weight is 451 g/mol. The quantitative estimate of drug-likeness (QED) is 0.311. The minimum absolute atomic E-state index is 0.837. The standard InChI is InChI=1S/C33H54/c1-3-5-6-7-27-12-20-31(21-13-27)33-24-16-29(17-25-33)9-8-28-14-22-32(23-15-28)30-18-10-26(4-2)11-19-30/h16-17,24-28,30-32H,3-15,18-23H2,1-2H3/t26-,27-,28-,30-,31-,32-. The fourth-order valence-electron chi connectivity index (χ4n) is 7.81. The third kappa shape index (κ3) is 7.60. The van der Waals surface area contributed by atoms with Gasteiger partial charge in [0.2, 0.25) is 0 Å². The van der Waals surface area contributed by atoms with E-state index in [1.54, 1.807) is 24.0 Å². The number of hydrogen-bond donors (Lipinski definition) is 0. The second-order valence-electron chi connectivity index (χ2n) is 12.5. The molecule has 0 aromatic heterocycles. The van der Waals surface area contributed by atoms with Crippen molar-refractivity contribution in [1.29, 1.82) is 0 Å². The number of benzene rings is 1. The lowest BCUT2D eigenvalue weighted by Gasteiger charge is -2.37. The van der Waals surface area contributed by atoms with Crippen molar-refractivity contribution in [2.75, 3.05) is 0 Å². The van der Waals surface area contributed by atoms with Crippen LogP contribution in [-0.2, 0) is 6.42 Å². The monoisotopic (exact) mass is 450 g/mol. The fourth-order valence-corrected chi connectivity index (χ4v) is 7.81. The predicted octanol–water partition coefficient (Wildman–Crippen LogP) is 10.5. The van der Waals surface area contributed by atoms with Crippen molar-refractivity contribution in [2.45, 2.75) is 142 Å². The molecule has 3 aliphatic rings. The zero-order chi connectivity index (χ0) is 22.9. The second-order valence-corrected chi connectivity index (χ2v) is 12.5. The van der Waals surface area contributed by atoms with E-state index >= 15 is 0 Å². The molecule has 186 valence electrons. The SMILES string of the molecule is CCCCC[C@H]1CC[C@H](c2ccc(CC[C@H]3CC[C@H]([C@H]4CC[C@H](CC)CC4)CC3)cc2)CC1. The third-order valence-corrected chi connectivity index (χ3v) is 10.4. The molecule has 0 N–H and O–H groups in total. The highest BCUT2D eigenvalue weighted by Gasteiger charge is 2.30.